The molecular weight excluding hydrogens is 396 g/mol. The summed E-state index contributed by atoms with van der Waals surface area (Å²) in [5, 5.41) is 17.3. The van der Waals surface area contributed by atoms with E-state index in [1.165, 1.54) is 0 Å². The predicted molar refractivity (Wildman–Crippen MR) is 111 cm³/mol. The summed E-state index contributed by atoms with van der Waals surface area (Å²) >= 11 is 7.61. The van der Waals surface area contributed by atoms with E-state index >= 15 is 0 Å². The van der Waals surface area contributed by atoms with Gasteiger partial charge in [0.25, 0.3) is 5.91 Å². The van der Waals surface area contributed by atoms with Gasteiger partial charge in [0.2, 0.25) is 6.10 Å². The number of halogens is 1. The minimum absolute atomic E-state index is 0.00564. The van der Waals surface area contributed by atoms with E-state index in [2.05, 4.69) is 5.16 Å². The van der Waals surface area contributed by atoms with Crippen LogP contribution >= 0.6 is 22.9 Å². The van der Waals surface area contributed by atoms with Gasteiger partial charge in [-0.25, -0.2) is 0 Å². The van der Waals surface area contributed by atoms with Gasteiger partial charge in [-0.05, 0) is 47.9 Å². The number of carbonyl (C=O) groups is 1. The number of benzene rings is 1. The zero-order valence-electron chi connectivity index (χ0n) is 15.5. The normalized spacial score (nSPS) is 21.3. The molecule has 1 saturated heterocycles. The Labute approximate surface area is 173 Å². The highest BCUT2D eigenvalue weighted by Gasteiger charge is 2.35. The summed E-state index contributed by atoms with van der Waals surface area (Å²) in [7, 11) is 0. The first-order valence-corrected chi connectivity index (χ1v) is 10.8. The highest BCUT2D eigenvalue weighted by molar-refractivity contribution is 7.10. The third kappa shape index (κ3) is 4.40. The molecule has 0 aliphatic carbocycles. The molecule has 1 N–H and O–H groups in total. The molecule has 0 spiro atoms. The predicted octanol–water partition coefficient (Wildman–Crippen LogP) is 4.06. The number of likely N-dealkylation sites (tertiary alicyclic amines) is 1. The first-order valence-electron chi connectivity index (χ1n) is 9.56. The third-order valence-electron chi connectivity index (χ3n) is 5.44. The Bertz CT molecular complexity index is 847. The van der Waals surface area contributed by atoms with E-state index in [1.54, 1.807) is 11.3 Å². The van der Waals surface area contributed by atoms with Gasteiger partial charge in [-0.2, -0.15) is 0 Å². The van der Waals surface area contributed by atoms with Gasteiger partial charge in [0.1, 0.15) is 0 Å². The van der Waals surface area contributed by atoms with Gasteiger partial charge >= 0.3 is 0 Å². The first-order chi connectivity index (χ1) is 13.6. The van der Waals surface area contributed by atoms with Crippen LogP contribution in [0.5, 0.6) is 0 Å². The highest BCUT2D eigenvalue weighted by atomic mass is 35.5. The van der Waals surface area contributed by atoms with E-state index in [0.717, 1.165) is 29.0 Å². The molecule has 1 fully saturated rings. The van der Waals surface area contributed by atoms with Crippen molar-refractivity contribution in [2.75, 3.05) is 13.1 Å². The Morgan fingerprint density at radius 3 is 2.86 bits per heavy atom. The van der Waals surface area contributed by atoms with Gasteiger partial charge in [-0.1, -0.05) is 35.0 Å². The quantitative estimate of drug-likeness (QED) is 0.796. The molecule has 0 saturated carbocycles. The molecule has 1 amide bonds. The maximum atomic E-state index is 12.8. The monoisotopic (exact) mass is 418 g/mol. The number of carbonyl (C=O) groups excluding carboxylic acids is 1. The van der Waals surface area contributed by atoms with Crippen molar-refractivity contribution >= 4 is 34.6 Å². The largest absolute Gasteiger partial charge is 0.387 e. The van der Waals surface area contributed by atoms with Crippen molar-refractivity contribution in [3.05, 3.63) is 57.2 Å². The van der Waals surface area contributed by atoms with Crippen molar-refractivity contribution in [3.8, 4) is 0 Å². The lowest BCUT2D eigenvalue weighted by Gasteiger charge is -2.34. The lowest BCUT2D eigenvalue weighted by atomic mass is 9.90. The van der Waals surface area contributed by atoms with E-state index in [9.17, 15) is 9.90 Å². The Hall–Kier alpha value is -1.89. The van der Waals surface area contributed by atoms with Gasteiger partial charge in [0.15, 0.2) is 0 Å². The summed E-state index contributed by atoms with van der Waals surface area (Å²) < 4.78 is 0. The molecule has 7 heteroatoms. The molecule has 1 aromatic heterocycles. The average Bonchev–Trinajstić information content (AvgIpc) is 3.39. The number of hydrogen-bond donors (Lipinski definition) is 1. The zero-order valence-corrected chi connectivity index (χ0v) is 17.0. The van der Waals surface area contributed by atoms with Crippen molar-refractivity contribution in [3.63, 3.8) is 0 Å². The molecule has 2 aliphatic rings. The average molecular weight is 419 g/mol. The Morgan fingerprint density at radius 2 is 2.14 bits per heavy atom. The van der Waals surface area contributed by atoms with Crippen LogP contribution < -0.4 is 0 Å². The number of nitrogens with zero attached hydrogens (tertiary/aromatic N) is 2. The van der Waals surface area contributed by atoms with Crippen molar-refractivity contribution in [2.45, 2.75) is 37.9 Å². The lowest BCUT2D eigenvalue weighted by molar-refractivity contribution is -0.144. The minimum Gasteiger partial charge on any atom is -0.387 e. The standard InChI is InChI=1S/C21H23ClN2O3S/c22-16-4-1-3-14(11-16)12-17-13-18(27-23-17)21(26)24-8-6-15(7-9-24)20(25)19-5-2-10-28-19/h1-5,10-11,15,18,20,25H,6-9,12-13H2/t18-,20-/m1/s1. The van der Waals surface area contributed by atoms with E-state index in [4.69, 9.17) is 16.4 Å². The van der Waals surface area contributed by atoms with Gasteiger partial charge in [-0.3, -0.25) is 4.79 Å². The van der Waals surface area contributed by atoms with Crippen LogP contribution in [0.1, 0.15) is 35.8 Å². The van der Waals surface area contributed by atoms with Crippen LogP contribution in [0.4, 0.5) is 0 Å². The number of amides is 1. The molecule has 2 aliphatic heterocycles. The number of aliphatic hydroxyl groups excluding tert-OH is 1. The molecule has 0 unspecified atom stereocenters. The lowest BCUT2D eigenvalue weighted by Crippen LogP contribution is -2.44. The van der Waals surface area contributed by atoms with Crippen molar-refractivity contribution < 1.29 is 14.7 Å². The molecule has 148 valence electrons. The topological polar surface area (TPSA) is 62.1 Å². The third-order valence-corrected chi connectivity index (χ3v) is 6.61. The molecule has 2 aromatic rings. The summed E-state index contributed by atoms with van der Waals surface area (Å²) in [6.07, 6.45) is 1.78. The molecule has 5 nitrogen and oxygen atoms in total. The Kier molecular flexibility index (Phi) is 5.99. The van der Waals surface area contributed by atoms with Crippen LogP contribution in [0.2, 0.25) is 5.02 Å². The molecular formula is C21H23ClN2O3S. The SMILES string of the molecule is O=C([C@H]1CC(Cc2cccc(Cl)c2)=NO1)N1CCC([C@@H](O)c2cccs2)CC1. The van der Waals surface area contributed by atoms with Crippen LogP contribution in [0.25, 0.3) is 0 Å². The summed E-state index contributed by atoms with van der Waals surface area (Å²) in [6.45, 7) is 1.30. The minimum atomic E-state index is -0.534. The summed E-state index contributed by atoms with van der Waals surface area (Å²) in [6, 6.07) is 11.6. The van der Waals surface area contributed by atoms with E-state index in [0.29, 0.717) is 31.0 Å². The number of rotatable bonds is 5. The number of aliphatic hydroxyl groups is 1. The second-order valence-corrected chi connectivity index (χ2v) is 8.80. The van der Waals surface area contributed by atoms with Crippen molar-refractivity contribution in [1.29, 1.82) is 0 Å². The first kappa shape index (κ1) is 19.4. The van der Waals surface area contributed by atoms with Crippen LogP contribution in [0.15, 0.2) is 46.9 Å². The maximum Gasteiger partial charge on any atom is 0.266 e. The zero-order chi connectivity index (χ0) is 19.5. The smallest absolute Gasteiger partial charge is 0.266 e. The van der Waals surface area contributed by atoms with Gasteiger partial charge in [-0.15, -0.1) is 11.3 Å². The van der Waals surface area contributed by atoms with Gasteiger partial charge in [0.05, 0.1) is 11.8 Å². The second kappa shape index (κ2) is 8.64. The second-order valence-electron chi connectivity index (χ2n) is 7.39. The van der Waals surface area contributed by atoms with E-state index < -0.39 is 12.2 Å². The number of oxime groups is 1. The van der Waals surface area contributed by atoms with E-state index in [-0.39, 0.29) is 11.8 Å². The van der Waals surface area contributed by atoms with Crippen LogP contribution in [-0.4, -0.2) is 40.8 Å². The molecule has 2 atom stereocenters. The molecule has 0 bridgehead atoms. The maximum absolute atomic E-state index is 12.8. The number of piperidine rings is 1. The van der Waals surface area contributed by atoms with Crippen LogP contribution in [-0.2, 0) is 16.1 Å². The van der Waals surface area contributed by atoms with Crippen LogP contribution in [0, 0.1) is 5.92 Å². The summed E-state index contributed by atoms with van der Waals surface area (Å²) in [5.74, 6) is 0.191. The molecule has 3 heterocycles. The molecule has 4 rings (SSSR count). The van der Waals surface area contributed by atoms with Crippen molar-refractivity contribution in [2.24, 2.45) is 11.1 Å². The fourth-order valence-electron chi connectivity index (χ4n) is 3.88. The summed E-state index contributed by atoms with van der Waals surface area (Å²) in [4.78, 5) is 21.1. The summed E-state index contributed by atoms with van der Waals surface area (Å²) in [5.41, 5.74) is 1.93. The van der Waals surface area contributed by atoms with Crippen molar-refractivity contribution in [1.82, 2.24) is 4.90 Å². The van der Waals surface area contributed by atoms with E-state index in [1.807, 2.05) is 46.7 Å². The molecule has 1 aromatic carbocycles. The van der Waals surface area contributed by atoms with Crippen LogP contribution in [0.3, 0.4) is 0 Å². The Morgan fingerprint density at radius 1 is 1.32 bits per heavy atom. The number of hydrogen-bond acceptors (Lipinski definition) is 5. The Balaban J connectivity index is 1.27. The molecule has 28 heavy (non-hydrogen) atoms. The van der Waals surface area contributed by atoms with Gasteiger partial charge < -0.3 is 14.8 Å². The molecule has 0 radical (unpaired) electrons. The fourth-order valence-corrected chi connectivity index (χ4v) is 4.89. The fraction of sp³-hybridized carbons (Fsp3) is 0.429. The van der Waals surface area contributed by atoms with Gasteiger partial charge in [0, 0.05) is 35.8 Å². The highest BCUT2D eigenvalue weighted by Crippen LogP contribution is 2.33. The number of thiophene rings is 1.